The van der Waals surface area contributed by atoms with Crippen LogP contribution < -0.4 is 10.1 Å². The fourth-order valence-corrected chi connectivity index (χ4v) is 4.08. The molecule has 0 aliphatic carbocycles. The number of nitrogens with one attached hydrogen (secondary N) is 2. The molecule has 2 aromatic carbocycles. The van der Waals surface area contributed by atoms with Crippen molar-refractivity contribution in [2.45, 2.75) is 25.7 Å². The number of ether oxygens (including phenoxy) is 1. The Hall–Kier alpha value is -3.47. The van der Waals surface area contributed by atoms with Gasteiger partial charge in [-0.3, -0.25) is 4.79 Å². The van der Waals surface area contributed by atoms with Crippen molar-refractivity contribution < 1.29 is 35.9 Å². The number of aromatic nitrogens is 1. The monoisotopic (exact) mass is 498 g/mol. The molecule has 4 nitrogen and oxygen atoms in total. The van der Waals surface area contributed by atoms with Crippen molar-refractivity contribution in [1.29, 1.82) is 0 Å². The number of carbonyl (C=O) groups excluding carboxylic acids is 1. The lowest BCUT2D eigenvalue weighted by Crippen LogP contribution is -2.17. The number of H-pyrrole nitrogens is 1. The summed E-state index contributed by atoms with van der Waals surface area (Å²) >= 11 is 0.996. The van der Waals surface area contributed by atoms with Gasteiger partial charge in [0.2, 0.25) is 0 Å². The Morgan fingerprint density at radius 2 is 1.71 bits per heavy atom. The van der Waals surface area contributed by atoms with Gasteiger partial charge in [0.05, 0.1) is 4.88 Å². The van der Waals surface area contributed by atoms with Gasteiger partial charge in [0.15, 0.2) is 5.75 Å². The minimum atomic E-state index is -5.19. The summed E-state index contributed by atoms with van der Waals surface area (Å²) in [5.41, 5.74) is -2.47. The Kier molecular flexibility index (Phi) is 6.07. The first-order valence-electron chi connectivity index (χ1n) is 9.92. The number of alkyl halides is 6. The van der Waals surface area contributed by atoms with Gasteiger partial charge in [0.1, 0.15) is 16.9 Å². The minimum Gasteiger partial charge on any atom is -0.456 e. The average molecular weight is 498 g/mol. The number of hydrogen-bond donors (Lipinski definition) is 2. The summed E-state index contributed by atoms with van der Waals surface area (Å²) in [6.07, 6.45) is -8.07. The zero-order chi connectivity index (χ0) is 24.7. The van der Waals surface area contributed by atoms with Crippen LogP contribution in [0.3, 0.4) is 0 Å². The number of carbonyl (C=O) groups is 1. The number of aromatic amines is 1. The molecule has 0 radical (unpaired) electrons. The molecule has 0 bridgehead atoms. The summed E-state index contributed by atoms with van der Waals surface area (Å²) in [7, 11) is 0. The molecule has 4 aromatic rings. The van der Waals surface area contributed by atoms with Crippen LogP contribution >= 0.6 is 11.3 Å². The summed E-state index contributed by atoms with van der Waals surface area (Å²) in [5, 5.41) is 4.29. The second-order valence-corrected chi connectivity index (χ2v) is 8.25. The van der Waals surface area contributed by atoms with E-state index in [2.05, 4.69) is 10.3 Å². The second kappa shape index (κ2) is 8.71. The molecule has 1 amide bonds. The van der Waals surface area contributed by atoms with Crippen LogP contribution in [0.15, 0.2) is 54.0 Å². The summed E-state index contributed by atoms with van der Waals surface area (Å²) in [6.45, 7) is 1.86. The van der Waals surface area contributed by atoms with Crippen LogP contribution in [0, 0.1) is 0 Å². The van der Waals surface area contributed by atoms with E-state index in [0.717, 1.165) is 16.9 Å². The molecule has 178 valence electrons. The summed E-state index contributed by atoms with van der Waals surface area (Å²) in [5.74, 6) is -2.40. The molecule has 4 rings (SSSR count). The van der Waals surface area contributed by atoms with Crippen LogP contribution in [0.2, 0.25) is 0 Å². The first-order valence-corrected chi connectivity index (χ1v) is 10.8. The first kappa shape index (κ1) is 23.7. The van der Waals surface area contributed by atoms with Crippen molar-refractivity contribution in [1.82, 2.24) is 4.98 Å². The molecule has 2 heterocycles. The van der Waals surface area contributed by atoms with Crippen LogP contribution in [0.25, 0.3) is 10.9 Å². The normalized spacial score (nSPS) is 12.2. The molecule has 0 saturated carbocycles. The Labute approximate surface area is 193 Å². The molecular weight excluding hydrogens is 482 g/mol. The molecule has 0 unspecified atom stereocenters. The van der Waals surface area contributed by atoms with Crippen molar-refractivity contribution in [3.05, 3.63) is 75.6 Å². The fourth-order valence-electron chi connectivity index (χ4n) is 3.46. The standard InChI is InChI=1S/C23H16F6N2O2S/c1-2-12-11-30-18-6-5-14(10-15(12)18)33-20-16(22(24,25)26)8-13(9-17(20)23(27,28)29)31-21(32)19-4-3-7-34-19/h3-11,30H,2H2,1H3,(H,31,32). The van der Waals surface area contributed by atoms with Crippen LogP contribution in [0.1, 0.15) is 33.3 Å². The number of rotatable bonds is 5. The van der Waals surface area contributed by atoms with Gasteiger partial charge < -0.3 is 15.0 Å². The molecule has 2 aromatic heterocycles. The number of hydrogen-bond acceptors (Lipinski definition) is 3. The maximum atomic E-state index is 13.9. The number of thiophene rings is 1. The van der Waals surface area contributed by atoms with E-state index in [1.165, 1.54) is 30.3 Å². The maximum absolute atomic E-state index is 13.9. The fraction of sp³-hybridized carbons (Fsp3) is 0.174. The minimum absolute atomic E-state index is 0.133. The third-order valence-electron chi connectivity index (χ3n) is 5.04. The van der Waals surface area contributed by atoms with Gasteiger partial charge >= 0.3 is 12.4 Å². The van der Waals surface area contributed by atoms with Gasteiger partial charge in [-0.2, -0.15) is 26.3 Å². The number of aryl methyl sites for hydroxylation is 1. The molecule has 11 heteroatoms. The largest absolute Gasteiger partial charge is 0.456 e. The molecule has 0 saturated heterocycles. The van der Waals surface area contributed by atoms with Gasteiger partial charge in [0, 0.05) is 22.8 Å². The van der Waals surface area contributed by atoms with Crippen LogP contribution in [0.5, 0.6) is 11.5 Å². The van der Waals surface area contributed by atoms with Gasteiger partial charge in [-0.25, -0.2) is 0 Å². The third-order valence-corrected chi connectivity index (χ3v) is 5.91. The molecule has 0 fully saturated rings. The molecular formula is C23H16F6N2O2S. The van der Waals surface area contributed by atoms with Crippen molar-refractivity contribution in [2.75, 3.05) is 5.32 Å². The lowest BCUT2D eigenvalue weighted by Gasteiger charge is -2.21. The average Bonchev–Trinajstić information content (AvgIpc) is 3.42. The van der Waals surface area contributed by atoms with E-state index in [9.17, 15) is 31.1 Å². The van der Waals surface area contributed by atoms with Crippen molar-refractivity contribution in [2.24, 2.45) is 0 Å². The van der Waals surface area contributed by atoms with E-state index in [-0.39, 0.29) is 10.6 Å². The third kappa shape index (κ3) is 4.74. The highest BCUT2D eigenvalue weighted by Gasteiger charge is 2.43. The van der Waals surface area contributed by atoms with Crippen molar-refractivity contribution >= 4 is 33.8 Å². The highest BCUT2D eigenvalue weighted by molar-refractivity contribution is 7.12. The van der Waals surface area contributed by atoms with Crippen LogP contribution in [-0.4, -0.2) is 10.9 Å². The van der Waals surface area contributed by atoms with Crippen LogP contribution in [-0.2, 0) is 18.8 Å². The Bertz CT molecular complexity index is 1300. The molecule has 0 atom stereocenters. The van der Waals surface area contributed by atoms with E-state index in [1.807, 2.05) is 6.92 Å². The van der Waals surface area contributed by atoms with Crippen molar-refractivity contribution in [3.63, 3.8) is 0 Å². The molecule has 0 aliphatic heterocycles. The van der Waals surface area contributed by atoms with Crippen LogP contribution in [0.4, 0.5) is 32.0 Å². The smallest absolute Gasteiger partial charge is 0.420 e. The van der Waals surface area contributed by atoms with E-state index < -0.39 is 40.8 Å². The first-order chi connectivity index (χ1) is 16.0. The molecule has 0 spiro atoms. The topological polar surface area (TPSA) is 54.1 Å². The second-order valence-electron chi connectivity index (χ2n) is 7.30. The van der Waals surface area contributed by atoms with E-state index in [4.69, 9.17) is 4.74 Å². The highest BCUT2D eigenvalue weighted by atomic mass is 32.1. The zero-order valence-electron chi connectivity index (χ0n) is 17.4. The number of anilines is 1. The number of amides is 1. The quantitative estimate of drug-likeness (QED) is 0.275. The lowest BCUT2D eigenvalue weighted by atomic mass is 10.1. The summed E-state index contributed by atoms with van der Waals surface area (Å²) in [6, 6.07) is 7.98. The van der Waals surface area contributed by atoms with E-state index in [1.54, 1.807) is 11.6 Å². The Balaban J connectivity index is 1.82. The molecule has 34 heavy (non-hydrogen) atoms. The zero-order valence-corrected chi connectivity index (χ0v) is 18.2. The number of halogens is 6. The van der Waals surface area contributed by atoms with E-state index in [0.29, 0.717) is 29.5 Å². The lowest BCUT2D eigenvalue weighted by molar-refractivity contribution is -0.144. The summed E-state index contributed by atoms with van der Waals surface area (Å²) < 4.78 is 88.5. The van der Waals surface area contributed by atoms with E-state index >= 15 is 0 Å². The number of fused-ring (bicyclic) bond motifs is 1. The maximum Gasteiger partial charge on any atom is 0.420 e. The SMILES string of the molecule is CCc1c[nH]c2ccc(Oc3c(C(F)(F)F)cc(NC(=O)c4cccs4)cc3C(F)(F)F)cc12. The van der Waals surface area contributed by atoms with Gasteiger partial charge in [-0.05, 0) is 53.8 Å². The Morgan fingerprint density at radius 3 is 2.26 bits per heavy atom. The molecule has 2 N–H and O–H groups in total. The number of benzene rings is 2. The van der Waals surface area contributed by atoms with Gasteiger partial charge in [0.25, 0.3) is 5.91 Å². The predicted octanol–water partition coefficient (Wildman–Crippen LogP) is 7.87. The predicted molar refractivity (Wildman–Crippen MR) is 116 cm³/mol. The summed E-state index contributed by atoms with van der Waals surface area (Å²) in [4.78, 5) is 15.4. The molecule has 0 aliphatic rings. The highest BCUT2D eigenvalue weighted by Crippen LogP contribution is 2.47. The van der Waals surface area contributed by atoms with Gasteiger partial charge in [-0.15, -0.1) is 11.3 Å². The van der Waals surface area contributed by atoms with Crippen molar-refractivity contribution in [3.8, 4) is 11.5 Å². The van der Waals surface area contributed by atoms with Gasteiger partial charge in [-0.1, -0.05) is 13.0 Å². The Morgan fingerprint density at radius 1 is 1.03 bits per heavy atom.